The Hall–Kier alpha value is -1.21. The number of thiazole rings is 1. The number of aromatic nitrogens is 1. The second-order valence-corrected chi connectivity index (χ2v) is 4.66. The van der Waals surface area contributed by atoms with Gasteiger partial charge in [-0.15, -0.1) is 0 Å². The molecule has 0 aliphatic carbocycles. The van der Waals surface area contributed by atoms with Gasteiger partial charge >= 0.3 is 5.00 Å². The van der Waals surface area contributed by atoms with E-state index in [1.807, 2.05) is 11.8 Å². The fourth-order valence-corrected chi connectivity index (χ4v) is 2.24. The van der Waals surface area contributed by atoms with Gasteiger partial charge < -0.3 is 10.0 Å². The monoisotopic (exact) mass is 229 g/mol. The van der Waals surface area contributed by atoms with E-state index in [-0.39, 0.29) is 5.00 Å². The summed E-state index contributed by atoms with van der Waals surface area (Å²) in [5, 5.41) is 20.9. The molecule has 1 aliphatic rings. The van der Waals surface area contributed by atoms with E-state index in [0.29, 0.717) is 24.6 Å². The molecule has 82 valence electrons. The lowest BCUT2D eigenvalue weighted by molar-refractivity contribution is -0.380. The van der Waals surface area contributed by atoms with Crippen molar-refractivity contribution >= 4 is 21.5 Å². The molecule has 0 bridgehead atoms. The highest BCUT2D eigenvalue weighted by Gasteiger charge is 2.41. The fourth-order valence-electron chi connectivity index (χ4n) is 1.51. The zero-order chi connectivity index (χ0) is 11.1. The Kier molecular flexibility index (Phi) is 2.35. The van der Waals surface area contributed by atoms with Crippen molar-refractivity contribution in [1.29, 1.82) is 0 Å². The predicted octanol–water partition coefficient (Wildman–Crippen LogP) is 1.01. The van der Waals surface area contributed by atoms with Crippen LogP contribution >= 0.6 is 11.3 Å². The molecule has 0 unspecified atom stereocenters. The molecule has 0 spiro atoms. The van der Waals surface area contributed by atoms with E-state index in [2.05, 4.69) is 4.98 Å². The molecule has 0 radical (unpaired) electrons. The largest absolute Gasteiger partial charge is 0.386 e. The topological polar surface area (TPSA) is 79.5 Å². The third kappa shape index (κ3) is 1.80. The first kappa shape index (κ1) is 10.3. The SMILES string of the molecule is CCC1(O)CN(c2ncc([N+](=O)[O-])s2)C1. The standard InChI is InChI=1S/C8H11N3O3S/c1-2-8(12)4-10(5-8)7-9-3-6(15-7)11(13)14/h3,12H,2,4-5H2,1H3. The number of hydrogen-bond acceptors (Lipinski definition) is 6. The van der Waals surface area contributed by atoms with Crippen molar-refractivity contribution in [3.8, 4) is 0 Å². The molecule has 2 rings (SSSR count). The zero-order valence-electron chi connectivity index (χ0n) is 8.21. The molecule has 0 saturated carbocycles. The maximum Gasteiger partial charge on any atom is 0.345 e. The van der Waals surface area contributed by atoms with Gasteiger partial charge in [-0.05, 0) is 17.8 Å². The van der Waals surface area contributed by atoms with Crippen molar-refractivity contribution < 1.29 is 10.0 Å². The van der Waals surface area contributed by atoms with Crippen LogP contribution in [0.3, 0.4) is 0 Å². The fraction of sp³-hybridized carbons (Fsp3) is 0.625. The summed E-state index contributed by atoms with van der Waals surface area (Å²) in [6, 6.07) is 0. The minimum absolute atomic E-state index is 0.0388. The summed E-state index contributed by atoms with van der Waals surface area (Å²) in [6.07, 6.45) is 1.94. The maximum atomic E-state index is 10.4. The molecule has 0 amide bonds. The maximum absolute atomic E-state index is 10.4. The zero-order valence-corrected chi connectivity index (χ0v) is 9.03. The summed E-state index contributed by atoms with van der Waals surface area (Å²) in [4.78, 5) is 15.8. The number of nitrogens with zero attached hydrogens (tertiary/aromatic N) is 3. The van der Waals surface area contributed by atoms with E-state index >= 15 is 0 Å². The van der Waals surface area contributed by atoms with Gasteiger partial charge in [-0.1, -0.05) is 6.92 Å². The molecule has 1 aromatic heterocycles. The molecule has 0 atom stereocenters. The number of β-amino-alcohol motifs (C(OH)–C–C–N with tert-alkyl or cyclic N) is 1. The third-order valence-corrected chi connectivity index (χ3v) is 3.57. The minimum atomic E-state index is -0.638. The van der Waals surface area contributed by atoms with Gasteiger partial charge in [0.25, 0.3) is 0 Å². The van der Waals surface area contributed by atoms with Crippen LogP contribution in [0.2, 0.25) is 0 Å². The lowest BCUT2D eigenvalue weighted by atomic mass is 9.92. The van der Waals surface area contributed by atoms with Crippen molar-refractivity contribution in [3.05, 3.63) is 16.3 Å². The number of aliphatic hydroxyl groups is 1. The smallest absolute Gasteiger partial charge is 0.345 e. The van der Waals surface area contributed by atoms with Gasteiger partial charge in [0.1, 0.15) is 6.20 Å². The average Bonchev–Trinajstić information content (AvgIpc) is 2.61. The van der Waals surface area contributed by atoms with Crippen LogP contribution in [0.1, 0.15) is 13.3 Å². The second-order valence-electron chi connectivity index (χ2n) is 3.67. The van der Waals surface area contributed by atoms with Crippen LogP contribution in [0.5, 0.6) is 0 Å². The number of anilines is 1. The first-order chi connectivity index (χ1) is 7.04. The van der Waals surface area contributed by atoms with Gasteiger partial charge in [-0.2, -0.15) is 0 Å². The Labute approximate surface area is 90.3 Å². The molecule has 6 nitrogen and oxygen atoms in total. The summed E-state index contributed by atoms with van der Waals surface area (Å²) in [5.74, 6) is 0. The van der Waals surface area contributed by atoms with Gasteiger partial charge in [0, 0.05) is 0 Å². The summed E-state index contributed by atoms with van der Waals surface area (Å²) in [7, 11) is 0. The van der Waals surface area contributed by atoms with E-state index < -0.39 is 10.5 Å². The lowest BCUT2D eigenvalue weighted by Gasteiger charge is -2.45. The van der Waals surface area contributed by atoms with Crippen LogP contribution in [0, 0.1) is 10.1 Å². The van der Waals surface area contributed by atoms with Gasteiger partial charge in [-0.3, -0.25) is 10.1 Å². The highest BCUT2D eigenvalue weighted by Crippen LogP contribution is 2.35. The van der Waals surface area contributed by atoms with Crippen molar-refractivity contribution in [2.24, 2.45) is 0 Å². The number of rotatable bonds is 3. The molecule has 1 fully saturated rings. The summed E-state index contributed by atoms with van der Waals surface area (Å²) in [5.41, 5.74) is -0.638. The van der Waals surface area contributed by atoms with Crippen molar-refractivity contribution in [3.63, 3.8) is 0 Å². The predicted molar refractivity (Wildman–Crippen MR) is 56.2 cm³/mol. The van der Waals surface area contributed by atoms with Gasteiger partial charge in [0.15, 0.2) is 5.13 Å². The summed E-state index contributed by atoms with van der Waals surface area (Å²) >= 11 is 1.04. The summed E-state index contributed by atoms with van der Waals surface area (Å²) < 4.78 is 0. The van der Waals surface area contributed by atoms with E-state index in [9.17, 15) is 15.2 Å². The van der Waals surface area contributed by atoms with E-state index in [0.717, 1.165) is 11.3 Å². The second kappa shape index (κ2) is 3.42. The minimum Gasteiger partial charge on any atom is -0.386 e. The molecule has 1 aliphatic heterocycles. The van der Waals surface area contributed by atoms with Gasteiger partial charge in [-0.25, -0.2) is 4.98 Å². The quantitative estimate of drug-likeness (QED) is 0.618. The highest BCUT2D eigenvalue weighted by atomic mass is 32.1. The molecule has 2 heterocycles. The first-order valence-electron chi connectivity index (χ1n) is 4.61. The highest BCUT2D eigenvalue weighted by molar-refractivity contribution is 7.18. The lowest BCUT2D eigenvalue weighted by Crippen LogP contribution is -2.61. The molecular weight excluding hydrogens is 218 g/mol. The van der Waals surface area contributed by atoms with Gasteiger partial charge in [0.2, 0.25) is 0 Å². The van der Waals surface area contributed by atoms with E-state index in [1.165, 1.54) is 6.20 Å². The Balaban J connectivity index is 2.04. The van der Waals surface area contributed by atoms with Crippen molar-refractivity contribution in [2.45, 2.75) is 18.9 Å². The average molecular weight is 229 g/mol. The first-order valence-corrected chi connectivity index (χ1v) is 5.43. The summed E-state index contributed by atoms with van der Waals surface area (Å²) in [6.45, 7) is 2.93. The van der Waals surface area contributed by atoms with Crippen LogP contribution in [-0.4, -0.2) is 33.7 Å². The van der Waals surface area contributed by atoms with Crippen molar-refractivity contribution in [1.82, 2.24) is 4.98 Å². The molecule has 1 N–H and O–H groups in total. The van der Waals surface area contributed by atoms with Gasteiger partial charge in [0.05, 0.1) is 23.6 Å². The molecular formula is C8H11N3O3S. The Morgan fingerprint density at radius 1 is 1.80 bits per heavy atom. The van der Waals surface area contributed by atoms with Crippen LogP contribution < -0.4 is 4.90 Å². The molecule has 7 heteroatoms. The van der Waals surface area contributed by atoms with Crippen LogP contribution in [0.4, 0.5) is 10.1 Å². The Bertz CT molecular complexity index is 386. The molecule has 15 heavy (non-hydrogen) atoms. The normalized spacial score (nSPS) is 18.7. The van der Waals surface area contributed by atoms with Crippen LogP contribution in [0.15, 0.2) is 6.20 Å². The van der Waals surface area contributed by atoms with Crippen molar-refractivity contribution in [2.75, 3.05) is 18.0 Å². The Morgan fingerprint density at radius 3 is 2.93 bits per heavy atom. The van der Waals surface area contributed by atoms with E-state index in [4.69, 9.17) is 0 Å². The van der Waals surface area contributed by atoms with E-state index in [1.54, 1.807) is 0 Å². The third-order valence-electron chi connectivity index (χ3n) is 2.56. The van der Waals surface area contributed by atoms with Crippen LogP contribution in [-0.2, 0) is 0 Å². The Morgan fingerprint density at radius 2 is 2.47 bits per heavy atom. The number of nitro groups is 1. The van der Waals surface area contributed by atoms with Crippen LogP contribution in [0.25, 0.3) is 0 Å². The molecule has 1 aromatic rings. The molecule has 0 aromatic carbocycles. The number of hydrogen-bond donors (Lipinski definition) is 1. The molecule has 1 saturated heterocycles.